The van der Waals surface area contributed by atoms with Crippen LogP contribution in [0.2, 0.25) is 0 Å². The van der Waals surface area contributed by atoms with Crippen molar-refractivity contribution in [3.05, 3.63) is 0 Å². The minimum atomic E-state index is -2.05. The second kappa shape index (κ2) is 7.78. The standard InChI is InChI=1S/C15H24FNO7/c1-5-23-12(20)10-6-15(16,9-22-7-11(18)19)8-17(10)13(21)24-14(2,3)4/h10H,5-9H2,1-4H3,(H,18,19)/t10-,15+/m0/s1. The Morgan fingerprint density at radius 2 is 1.96 bits per heavy atom. The summed E-state index contributed by atoms with van der Waals surface area (Å²) in [5.41, 5.74) is -2.86. The van der Waals surface area contributed by atoms with Crippen LogP contribution in [0.3, 0.4) is 0 Å². The summed E-state index contributed by atoms with van der Waals surface area (Å²) >= 11 is 0. The lowest BCUT2D eigenvalue weighted by molar-refractivity contribution is -0.148. The van der Waals surface area contributed by atoms with Crippen molar-refractivity contribution >= 4 is 18.0 Å². The first kappa shape index (κ1) is 20.1. The van der Waals surface area contributed by atoms with Crippen LogP contribution in [-0.2, 0) is 23.8 Å². The van der Waals surface area contributed by atoms with Gasteiger partial charge in [-0.05, 0) is 27.7 Å². The van der Waals surface area contributed by atoms with Crippen LogP contribution in [0.4, 0.5) is 9.18 Å². The van der Waals surface area contributed by atoms with Gasteiger partial charge in [0, 0.05) is 6.42 Å². The van der Waals surface area contributed by atoms with E-state index in [1.807, 2.05) is 0 Å². The Morgan fingerprint density at radius 1 is 1.33 bits per heavy atom. The lowest BCUT2D eigenvalue weighted by atomic mass is 10.0. The molecule has 0 spiro atoms. The molecular weight excluding hydrogens is 325 g/mol. The van der Waals surface area contributed by atoms with E-state index in [1.54, 1.807) is 27.7 Å². The number of alkyl halides is 1. The third-order valence-electron chi connectivity index (χ3n) is 3.16. The van der Waals surface area contributed by atoms with Crippen LogP contribution in [0.25, 0.3) is 0 Å². The number of likely N-dealkylation sites (tertiary alicyclic amines) is 1. The van der Waals surface area contributed by atoms with Crippen LogP contribution in [0, 0.1) is 0 Å². The molecule has 1 heterocycles. The molecule has 24 heavy (non-hydrogen) atoms. The third-order valence-corrected chi connectivity index (χ3v) is 3.16. The number of aliphatic carboxylic acids is 1. The maximum absolute atomic E-state index is 14.9. The predicted molar refractivity (Wildman–Crippen MR) is 80.3 cm³/mol. The minimum absolute atomic E-state index is 0.0896. The number of hydrogen-bond acceptors (Lipinski definition) is 6. The molecule has 1 amide bonds. The van der Waals surface area contributed by atoms with E-state index in [4.69, 9.17) is 19.3 Å². The monoisotopic (exact) mass is 349 g/mol. The van der Waals surface area contributed by atoms with Gasteiger partial charge >= 0.3 is 18.0 Å². The summed E-state index contributed by atoms with van der Waals surface area (Å²) in [5.74, 6) is -1.97. The summed E-state index contributed by atoms with van der Waals surface area (Å²) in [6.45, 7) is 4.99. The average Bonchev–Trinajstić information content (AvgIpc) is 2.75. The van der Waals surface area contributed by atoms with E-state index in [2.05, 4.69) is 0 Å². The molecule has 1 aliphatic heterocycles. The highest BCUT2D eigenvalue weighted by Gasteiger charge is 2.51. The molecule has 1 N–H and O–H groups in total. The molecule has 9 heteroatoms. The molecule has 0 saturated carbocycles. The molecule has 2 atom stereocenters. The zero-order chi connectivity index (χ0) is 18.5. The number of carboxylic acids is 1. The molecule has 138 valence electrons. The van der Waals surface area contributed by atoms with Crippen molar-refractivity contribution in [2.45, 2.75) is 51.4 Å². The Hall–Kier alpha value is -1.90. The zero-order valence-corrected chi connectivity index (χ0v) is 14.3. The van der Waals surface area contributed by atoms with Crippen LogP contribution in [-0.4, -0.2) is 71.7 Å². The van der Waals surface area contributed by atoms with Crippen LogP contribution >= 0.6 is 0 Å². The van der Waals surface area contributed by atoms with E-state index >= 15 is 0 Å². The summed E-state index contributed by atoms with van der Waals surface area (Å²) in [6.07, 6.45) is -1.18. The predicted octanol–water partition coefficient (Wildman–Crippen LogP) is 1.37. The molecule has 1 rings (SSSR count). The van der Waals surface area contributed by atoms with Gasteiger partial charge in [0.15, 0.2) is 5.67 Å². The Balaban J connectivity index is 2.86. The molecule has 1 fully saturated rings. The van der Waals surface area contributed by atoms with Crippen molar-refractivity contribution in [1.29, 1.82) is 0 Å². The molecule has 0 unspecified atom stereocenters. The number of nitrogens with zero attached hydrogens (tertiary/aromatic N) is 1. The molecule has 1 saturated heterocycles. The van der Waals surface area contributed by atoms with E-state index in [0.29, 0.717) is 0 Å². The van der Waals surface area contributed by atoms with Gasteiger partial charge in [0.2, 0.25) is 0 Å². The van der Waals surface area contributed by atoms with Crippen LogP contribution in [0.15, 0.2) is 0 Å². The number of rotatable bonds is 6. The van der Waals surface area contributed by atoms with Gasteiger partial charge < -0.3 is 19.3 Å². The van der Waals surface area contributed by atoms with E-state index in [0.717, 1.165) is 4.90 Å². The van der Waals surface area contributed by atoms with Crippen molar-refractivity contribution < 1.29 is 38.1 Å². The molecule has 0 radical (unpaired) electrons. The van der Waals surface area contributed by atoms with Gasteiger partial charge in [0.25, 0.3) is 0 Å². The normalized spacial score (nSPS) is 23.9. The first-order valence-corrected chi connectivity index (χ1v) is 7.62. The third kappa shape index (κ3) is 5.95. The Labute approximate surface area is 139 Å². The molecule has 0 aromatic rings. The molecule has 0 aromatic heterocycles. The first-order chi connectivity index (χ1) is 11.0. The Kier molecular flexibility index (Phi) is 6.53. The van der Waals surface area contributed by atoms with Crippen molar-refractivity contribution in [2.75, 3.05) is 26.4 Å². The fourth-order valence-corrected chi connectivity index (χ4v) is 2.32. The van der Waals surface area contributed by atoms with E-state index < -0.39 is 55.1 Å². The highest BCUT2D eigenvalue weighted by atomic mass is 19.1. The second-order valence-corrected chi connectivity index (χ2v) is 6.62. The summed E-state index contributed by atoms with van der Waals surface area (Å²) in [4.78, 5) is 35.7. The highest BCUT2D eigenvalue weighted by Crippen LogP contribution is 2.33. The topological polar surface area (TPSA) is 102 Å². The smallest absolute Gasteiger partial charge is 0.411 e. The van der Waals surface area contributed by atoms with Gasteiger partial charge in [0.05, 0.1) is 19.8 Å². The maximum Gasteiger partial charge on any atom is 0.411 e. The van der Waals surface area contributed by atoms with Crippen molar-refractivity contribution in [3.63, 3.8) is 0 Å². The van der Waals surface area contributed by atoms with Gasteiger partial charge in [0.1, 0.15) is 18.2 Å². The molecule has 1 aliphatic rings. The Bertz CT molecular complexity index is 491. The van der Waals surface area contributed by atoms with E-state index in [-0.39, 0.29) is 13.0 Å². The van der Waals surface area contributed by atoms with Gasteiger partial charge in [-0.25, -0.2) is 18.8 Å². The number of carboxylic acid groups (broad SMARTS) is 1. The molecular formula is C15H24FNO7. The number of hydrogen-bond donors (Lipinski definition) is 1. The maximum atomic E-state index is 14.9. The van der Waals surface area contributed by atoms with Gasteiger partial charge in [-0.3, -0.25) is 4.90 Å². The Morgan fingerprint density at radius 3 is 2.46 bits per heavy atom. The highest BCUT2D eigenvalue weighted by molar-refractivity contribution is 5.82. The lowest BCUT2D eigenvalue weighted by Crippen LogP contribution is -2.44. The fourth-order valence-electron chi connectivity index (χ4n) is 2.32. The minimum Gasteiger partial charge on any atom is -0.480 e. The number of esters is 1. The SMILES string of the molecule is CCOC(=O)[C@@H]1C[C@](F)(COCC(=O)O)CN1C(=O)OC(C)(C)C. The van der Waals surface area contributed by atoms with Crippen LogP contribution in [0.5, 0.6) is 0 Å². The van der Waals surface area contributed by atoms with Gasteiger partial charge in [-0.1, -0.05) is 0 Å². The lowest BCUT2D eigenvalue weighted by Gasteiger charge is -2.27. The van der Waals surface area contributed by atoms with E-state index in [1.165, 1.54) is 0 Å². The number of amides is 1. The number of carbonyl (C=O) groups excluding carboxylic acids is 2. The summed E-state index contributed by atoms with van der Waals surface area (Å²) in [7, 11) is 0. The molecule has 0 aromatic carbocycles. The first-order valence-electron chi connectivity index (χ1n) is 7.62. The largest absolute Gasteiger partial charge is 0.480 e. The van der Waals surface area contributed by atoms with Crippen molar-refractivity contribution in [1.82, 2.24) is 4.90 Å². The average molecular weight is 349 g/mol. The summed E-state index contributed by atoms with van der Waals surface area (Å²) < 4.78 is 29.8. The van der Waals surface area contributed by atoms with E-state index in [9.17, 15) is 18.8 Å². The fraction of sp³-hybridized carbons (Fsp3) is 0.800. The quantitative estimate of drug-likeness (QED) is 0.722. The molecule has 8 nitrogen and oxygen atoms in total. The van der Waals surface area contributed by atoms with Gasteiger partial charge in [-0.15, -0.1) is 0 Å². The molecule has 0 bridgehead atoms. The van der Waals surface area contributed by atoms with Crippen LogP contribution in [0.1, 0.15) is 34.1 Å². The summed E-state index contributed by atoms with van der Waals surface area (Å²) in [5, 5.41) is 8.54. The number of carbonyl (C=O) groups is 3. The number of halogens is 1. The second-order valence-electron chi connectivity index (χ2n) is 6.62. The number of ether oxygens (including phenoxy) is 3. The van der Waals surface area contributed by atoms with Crippen molar-refractivity contribution in [2.24, 2.45) is 0 Å². The summed E-state index contributed by atoms with van der Waals surface area (Å²) in [6, 6.07) is -1.14. The van der Waals surface area contributed by atoms with Gasteiger partial charge in [-0.2, -0.15) is 0 Å². The van der Waals surface area contributed by atoms with Crippen molar-refractivity contribution in [3.8, 4) is 0 Å². The molecule has 0 aliphatic carbocycles. The zero-order valence-electron chi connectivity index (χ0n) is 14.3. The van der Waals surface area contributed by atoms with Crippen LogP contribution < -0.4 is 0 Å².